The topological polar surface area (TPSA) is 108 Å². The maximum absolute atomic E-state index is 13.5. The first-order chi connectivity index (χ1) is 11.8. The highest BCUT2D eigenvalue weighted by molar-refractivity contribution is 5.88. The Morgan fingerprint density at radius 1 is 1.32 bits per heavy atom. The molecule has 0 radical (unpaired) electrons. The van der Waals surface area contributed by atoms with E-state index in [1.165, 1.54) is 16.7 Å². The number of nitrogens with zero attached hydrogens (tertiary/aromatic N) is 1. The third-order valence-electron chi connectivity index (χ3n) is 4.08. The quantitative estimate of drug-likeness (QED) is 0.672. The lowest BCUT2D eigenvalue weighted by Crippen LogP contribution is -2.31. The summed E-state index contributed by atoms with van der Waals surface area (Å²) >= 11 is 0. The molecule has 7 nitrogen and oxygen atoms in total. The highest BCUT2D eigenvalue weighted by Gasteiger charge is 2.17. The zero-order valence-corrected chi connectivity index (χ0v) is 13.6. The zero-order valence-electron chi connectivity index (χ0n) is 13.6. The standard InChI is InChI=1S/C17H16FN3O4/c1-8(2)11-6-19-14-13(11)15(22)20-17(25)21(14)7-9-3-4-12(18)10(5-9)16(23)24/h3-6,8,19H,7H2,1-2H3,(H,23,24)(H,20,22,25). The summed E-state index contributed by atoms with van der Waals surface area (Å²) < 4.78 is 14.8. The van der Waals surface area contributed by atoms with Crippen molar-refractivity contribution in [1.29, 1.82) is 0 Å². The van der Waals surface area contributed by atoms with E-state index in [9.17, 15) is 18.8 Å². The molecule has 0 saturated heterocycles. The number of hydrogen-bond acceptors (Lipinski definition) is 3. The number of aromatic carboxylic acids is 1. The zero-order chi connectivity index (χ0) is 18.3. The Hall–Kier alpha value is -3.16. The lowest BCUT2D eigenvalue weighted by molar-refractivity contribution is 0.0691. The van der Waals surface area contributed by atoms with E-state index in [0.29, 0.717) is 16.6 Å². The predicted octanol–water partition coefficient (Wildman–Crippen LogP) is 2.03. The Bertz CT molecular complexity index is 1090. The van der Waals surface area contributed by atoms with Crippen molar-refractivity contribution >= 4 is 17.0 Å². The molecule has 3 rings (SSSR count). The van der Waals surface area contributed by atoms with Crippen molar-refractivity contribution in [2.45, 2.75) is 26.3 Å². The summed E-state index contributed by atoms with van der Waals surface area (Å²) in [5, 5.41) is 9.41. The first-order valence-corrected chi connectivity index (χ1v) is 7.65. The molecule has 130 valence electrons. The van der Waals surface area contributed by atoms with Gasteiger partial charge in [0.05, 0.1) is 17.5 Å². The van der Waals surface area contributed by atoms with Crippen LogP contribution in [-0.4, -0.2) is 25.6 Å². The molecule has 0 atom stereocenters. The van der Waals surface area contributed by atoms with Crippen LogP contribution >= 0.6 is 0 Å². The third kappa shape index (κ3) is 2.86. The lowest BCUT2D eigenvalue weighted by atomic mass is 10.0. The molecule has 2 heterocycles. The minimum Gasteiger partial charge on any atom is -0.478 e. The van der Waals surface area contributed by atoms with Crippen LogP contribution in [-0.2, 0) is 6.54 Å². The van der Waals surface area contributed by atoms with Crippen LogP contribution < -0.4 is 11.2 Å². The van der Waals surface area contributed by atoms with Gasteiger partial charge in [-0.1, -0.05) is 19.9 Å². The molecule has 0 fully saturated rings. The summed E-state index contributed by atoms with van der Waals surface area (Å²) in [5.41, 5.74) is -0.0353. The maximum Gasteiger partial charge on any atom is 0.338 e. The highest BCUT2D eigenvalue weighted by Crippen LogP contribution is 2.22. The maximum atomic E-state index is 13.5. The summed E-state index contributed by atoms with van der Waals surface area (Å²) in [6, 6.07) is 3.62. The van der Waals surface area contributed by atoms with E-state index in [2.05, 4.69) is 9.97 Å². The molecule has 25 heavy (non-hydrogen) atoms. The van der Waals surface area contributed by atoms with Crippen molar-refractivity contribution in [2.24, 2.45) is 0 Å². The molecule has 8 heteroatoms. The van der Waals surface area contributed by atoms with Crippen LogP contribution in [0.2, 0.25) is 0 Å². The molecule has 0 aliphatic carbocycles. The molecule has 0 aliphatic rings. The van der Waals surface area contributed by atoms with Crippen LogP contribution in [0.15, 0.2) is 34.0 Å². The molecule has 0 aliphatic heterocycles. The molecule has 0 spiro atoms. The minimum absolute atomic E-state index is 0.00920. The number of benzene rings is 1. The van der Waals surface area contributed by atoms with Crippen LogP contribution in [0.5, 0.6) is 0 Å². The summed E-state index contributed by atoms with van der Waals surface area (Å²) in [5.74, 6) is -2.16. The Morgan fingerprint density at radius 2 is 2.04 bits per heavy atom. The Morgan fingerprint density at radius 3 is 2.68 bits per heavy atom. The summed E-state index contributed by atoms with van der Waals surface area (Å²) in [7, 11) is 0. The SMILES string of the molecule is CC(C)c1c[nH]c2c1c(=O)[nH]c(=O)n2Cc1ccc(F)c(C(=O)O)c1. The number of halogens is 1. The molecule has 0 amide bonds. The second-order valence-corrected chi connectivity index (χ2v) is 6.09. The van der Waals surface area contributed by atoms with E-state index in [0.717, 1.165) is 11.6 Å². The molecule has 0 bridgehead atoms. The largest absolute Gasteiger partial charge is 0.478 e. The number of nitrogens with one attached hydrogen (secondary N) is 2. The van der Waals surface area contributed by atoms with Gasteiger partial charge >= 0.3 is 11.7 Å². The number of carbonyl (C=O) groups is 1. The van der Waals surface area contributed by atoms with Gasteiger partial charge in [0.25, 0.3) is 5.56 Å². The smallest absolute Gasteiger partial charge is 0.338 e. The van der Waals surface area contributed by atoms with E-state index in [1.807, 2.05) is 13.8 Å². The monoisotopic (exact) mass is 345 g/mol. The predicted molar refractivity (Wildman–Crippen MR) is 89.7 cm³/mol. The van der Waals surface area contributed by atoms with Crippen LogP contribution in [0.4, 0.5) is 4.39 Å². The fourth-order valence-corrected chi connectivity index (χ4v) is 2.83. The summed E-state index contributed by atoms with van der Waals surface area (Å²) in [4.78, 5) is 40.7. The first kappa shape index (κ1) is 16.7. The molecular weight excluding hydrogens is 329 g/mol. The normalized spacial score (nSPS) is 11.4. The van der Waals surface area contributed by atoms with Crippen LogP contribution in [0, 0.1) is 5.82 Å². The number of aromatic amines is 2. The fraction of sp³-hybridized carbons (Fsp3) is 0.235. The van der Waals surface area contributed by atoms with Gasteiger partial charge in [-0.15, -0.1) is 0 Å². The van der Waals surface area contributed by atoms with Gasteiger partial charge in [0.15, 0.2) is 0 Å². The lowest BCUT2D eigenvalue weighted by Gasteiger charge is -2.09. The van der Waals surface area contributed by atoms with E-state index in [-0.39, 0.29) is 12.5 Å². The van der Waals surface area contributed by atoms with Crippen LogP contribution in [0.1, 0.15) is 41.3 Å². The summed E-state index contributed by atoms with van der Waals surface area (Å²) in [6.07, 6.45) is 1.67. The average Bonchev–Trinajstić information content (AvgIpc) is 2.98. The van der Waals surface area contributed by atoms with Crippen molar-refractivity contribution in [3.63, 3.8) is 0 Å². The van der Waals surface area contributed by atoms with Gasteiger partial charge < -0.3 is 10.1 Å². The van der Waals surface area contributed by atoms with Crippen LogP contribution in [0.25, 0.3) is 11.0 Å². The minimum atomic E-state index is -1.39. The van der Waals surface area contributed by atoms with Gasteiger partial charge in [-0.25, -0.2) is 14.0 Å². The molecule has 1 aromatic carbocycles. The Kier molecular flexibility index (Phi) is 4.03. The van der Waals surface area contributed by atoms with Gasteiger partial charge in [0.1, 0.15) is 11.5 Å². The van der Waals surface area contributed by atoms with Crippen molar-refractivity contribution in [3.8, 4) is 0 Å². The van der Waals surface area contributed by atoms with E-state index < -0.39 is 28.6 Å². The highest BCUT2D eigenvalue weighted by atomic mass is 19.1. The molecular formula is C17H16FN3O4. The second kappa shape index (κ2) is 6.04. The number of rotatable bonds is 4. The summed E-state index contributed by atoms with van der Waals surface area (Å²) in [6.45, 7) is 3.85. The molecule has 3 aromatic rings. The van der Waals surface area contributed by atoms with Gasteiger partial charge in [0.2, 0.25) is 0 Å². The van der Waals surface area contributed by atoms with E-state index in [4.69, 9.17) is 5.11 Å². The second-order valence-electron chi connectivity index (χ2n) is 6.09. The number of hydrogen-bond donors (Lipinski definition) is 3. The van der Waals surface area contributed by atoms with Crippen molar-refractivity contribution in [1.82, 2.24) is 14.5 Å². The first-order valence-electron chi connectivity index (χ1n) is 7.65. The van der Waals surface area contributed by atoms with Gasteiger partial charge in [-0.2, -0.15) is 0 Å². The molecule has 2 aromatic heterocycles. The van der Waals surface area contributed by atoms with E-state index >= 15 is 0 Å². The van der Waals surface area contributed by atoms with Gasteiger partial charge in [-0.3, -0.25) is 14.3 Å². The number of carboxylic acid groups (broad SMARTS) is 1. The average molecular weight is 345 g/mol. The molecule has 0 unspecified atom stereocenters. The van der Waals surface area contributed by atoms with Crippen molar-refractivity contribution in [2.75, 3.05) is 0 Å². The number of H-pyrrole nitrogens is 2. The van der Waals surface area contributed by atoms with Crippen molar-refractivity contribution < 1.29 is 14.3 Å². The van der Waals surface area contributed by atoms with Crippen molar-refractivity contribution in [3.05, 3.63) is 67.7 Å². The Labute approximate surface area is 140 Å². The van der Waals surface area contributed by atoms with Gasteiger partial charge in [-0.05, 0) is 29.2 Å². The molecule has 0 saturated carbocycles. The third-order valence-corrected chi connectivity index (χ3v) is 4.08. The fourth-order valence-electron chi connectivity index (χ4n) is 2.83. The van der Waals surface area contributed by atoms with E-state index in [1.54, 1.807) is 6.20 Å². The van der Waals surface area contributed by atoms with Crippen LogP contribution in [0.3, 0.4) is 0 Å². The molecule has 3 N–H and O–H groups in total. The number of carboxylic acids is 1. The number of fused-ring (bicyclic) bond motifs is 1. The van der Waals surface area contributed by atoms with Gasteiger partial charge in [0, 0.05) is 6.20 Å². The Balaban J connectivity index is 2.17. The number of aromatic nitrogens is 3.